The highest BCUT2D eigenvalue weighted by atomic mass is 16.1. The Morgan fingerprint density at radius 3 is 2.90 bits per heavy atom. The van der Waals surface area contributed by atoms with Gasteiger partial charge in [0.2, 0.25) is 0 Å². The summed E-state index contributed by atoms with van der Waals surface area (Å²) in [4.78, 5) is 11.1. The molecule has 1 rings (SSSR count). The van der Waals surface area contributed by atoms with Crippen LogP contribution in [0.15, 0.2) is 12.7 Å². The molecular formula is C9H14O. The first-order chi connectivity index (χ1) is 4.75. The second-order valence-corrected chi connectivity index (χ2v) is 3.11. The lowest BCUT2D eigenvalue weighted by atomic mass is 9.94. The highest BCUT2D eigenvalue weighted by Gasteiger charge is 2.29. The summed E-state index contributed by atoms with van der Waals surface area (Å²) in [6.45, 7) is 5.79. The van der Waals surface area contributed by atoms with Gasteiger partial charge in [-0.15, -0.1) is 6.58 Å². The van der Waals surface area contributed by atoms with Crippen LogP contribution >= 0.6 is 0 Å². The van der Waals surface area contributed by atoms with Crippen molar-refractivity contribution in [2.45, 2.75) is 26.2 Å². The van der Waals surface area contributed by atoms with E-state index in [1.807, 2.05) is 6.08 Å². The molecule has 1 nitrogen and oxygen atoms in total. The SMILES string of the molecule is C=CC[C@@H]1C(=O)CC[C@H]1C. The lowest BCUT2D eigenvalue weighted by molar-refractivity contribution is -0.121. The maximum Gasteiger partial charge on any atom is 0.136 e. The van der Waals surface area contributed by atoms with E-state index < -0.39 is 0 Å². The Labute approximate surface area is 62.1 Å². The summed E-state index contributed by atoms with van der Waals surface area (Å²) in [5.74, 6) is 1.32. The molecule has 10 heavy (non-hydrogen) atoms. The van der Waals surface area contributed by atoms with E-state index in [2.05, 4.69) is 13.5 Å². The molecule has 0 amide bonds. The van der Waals surface area contributed by atoms with E-state index in [0.29, 0.717) is 11.7 Å². The minimum absolute atomic E-state index is 0.289. The van der Waals surface area contributed by atoms with Crippen molar-refractivity contribution in [3.05, 3.63) is 12.7 Å². The summed E-state index contributed by atoms with van der Waals surface area (Å²) in [6, 6.07) is 0. The van der Waals surface area contributed by atoms with Crippen LogP contribution in [0.2, 0.25) is 0 Å². The molecule has 0 heterocycles. The van der Waals surface area contributed by atoms with Gasteiger partial charge in [-0.1, -0.05) is 13.0 Å². The van der Waals surface area contributed by atoms with Gasteiger partial charge in [0.1, 0.15) is 5.78 Å². The summed E-state index contributed by atoms with van der Waals surface area (Å²) >= 11 is 0. The average Bonchev–Trinajstić information content (AvgIpc) is 2.20. The molecule has 0 saturated heterocycles. The van der Waals surface area contributed by atoms with Gasteiger partial charge in [0.25, 0.3) is 0 Å². The molecule has 0 aromatic carbocycles. The van der Waals surface area contributed by atoms with Gasteiger partial charge in [-0.25, -0.2) is 0 Å². The molecule has 0 radical (unpaired) electrons. The lowest BCUT2D eigenvalue weighted by Crippen LogP contribution is -2.10. The molecule has 0 unspecified atom stereocenters. The molecule has 0 aliphatic heterocycles. The van der Waals surface area contributed by atoms with Crippen molar-refractivity contribution in [2.75, 3.05) is 0 Å². The maximum absolute atomic E-state index is 11.1. The number of hydrogen-bond donors (Lipinski definition) is 0. The number of carbonyl (C=O) groups excluding carboxylic acids is 1. The predicted molar refractivity (Wildman–Crippen MR) is 41.7 cm³/mol. The lowest BCUT2D eigenvalue weighted by Gasteiger charge is -2.09. The van der Waals surface area contributed by atoms with E-state index >= 15 is 0 Å². The fraction of sp³-hybridized carbons (Fsp3) is 0.667. The van der Waals surface area contributed by atoms with Gasteiger partial charge in [0.05, 0.1) is 0 Å². The fourth-order valence-electron chi connectivity index (χ4n) is 1.62. The van der Waals surface area contributed by atoms with Crippen LogP contribution in [0.25, 0.3) is 0 Å². The van der Waals surface area contributed by atoms with E-state index in [4.69, 9.17) is 0 Å². The van der Waals surface area contributed by atoms with Crippen LogP contribution in [0.5, 0.6) is 0 Å². The number of carbonyl (C=O) groups is 1. The number of ketones is 1. The van der Waals surface area contributed by atoms with Gasteiger partial charge in [-0.2, -0.15) is 0 Å². The Morgan fingerprint density at radius 2 is 2.50 bits per heavy atom. The molecule has 1 fully saturated rings. The Balaban J connectivity index is 2.53. The molecule has 1 saturated carbocycles. The monoisotopic (exact) mass is 138 g/mol. The van der Waals surface area contributed by atoms with Crippen molar-refractivity contribution in [1.82, 2.24) is 0 Å². The summed E-state index contributed by atoms with van der Waals surface area (Å²) in [5.41, 5.74) is 0. The summed E-state index contributed by atoms with van der Waals surface area (Å²) in [7, 11) is 0. The molecule has 2 atom stereocenters. The van der Waals surface area contributed by atoms with Gasteiger partial charge in [0, 0.05) is 12.3 Å². The quantitative estimate of drug-likeness (QED) is 0.534. The molecule has 1 aliphatic rings. The summed E-state index contributed by atoms with van der Waals surface area (Å²) < 4.78 is 0. The van der Waals surface area contributed by atoms with Crippen molar-refractivity contribution in [3.63, 3.8) is 0 Å². The topological polar surface area (TPSA) is 17.1 Å². The Kier molecular flexibility index (Phi) is 2.25. The number of Topliss-reactive ketones (excluding diaryl/α,β-unsaturated/α-hetero) is 1. The van der Waals surface area contributed by atoms with Crippen LogP contribution in [0.4, 0.5) is 0 Å². The Morgan fingerprint density at radius 1 is 1.80 bits per heavy atom. The summed E-state index contributed by atoms with van der Waals surface area (Å²) in [6.07, 6.45) is 4.60. The fourth-order valence-corrected chi connectivity index (χ4v) is 1.62. The second kappa shape index (κ2) is 3.00. The largest absolute Gasteiger partial charge is 0.299 e. The molecule has 0 spiro atoms. The van der Waals surface area contributed by atoms with Gasteiger partial charge >= 0.3 is 0 Å². The van der Waals surface area contributed by atoms with Crippen molar-refractivity contribution >= 4 is 5.78 Å². The smallest absolute Gasteiger partial charge is 0.136 e. The molecule has 1 aliphatic carbocycles. The zero-order valence-corrected chi connectivity index (χ0v) is 6.47. The van der Waals surface area contributed by atoms with Crippen molar-refractivity contribution in [3.8, 4) is 0 Å². The van der Waals surface area contributed by atoms with Crippen LogP contribution in [0.3, 0.4) is 0 Å². The van der Waals surface area contributed by atoms with Crippen molar-refractivity contribution in [2.24, 2.45) is 11.8 Å². The van der Waals surface area contributed by atoms with Crippen LogP contribution in [0.1, 0.15) is 26.2 Å². The normalized spacial score (nSPS) is 32.7. The maximum atomic E-state index is 11.1. The standard InChI is InChI=1S/C9H14O/c1-3-4-8-7(2)5-6-9(8)10/h3,7-8H,1,4-6H2,2H3/t7-,8+/m1/s1. The minimum Gasteiger partial charge on any atom is -0.299 e. The third-order valence-electron chi connectivity index (χ3n) is 2.37. The third-order valence-corrected chi connectivity index (χ3v) is 2.37. The Hall–Kier alpha value is -0.590. The molecule has 0 N–H and O–H groups in total. The van der Waals surface area contributed by atoms with Crippen LogP contribution in [-0.2, 0) is 4.79 Å². The van der Waals surface area contributed by atoms with E-state index in [1.165, 1.54) is 0 Å². The second-order valence-electron chi connectivity index (χ2n) is 3.11. The predicted octanol–water partition coefficient (Wildman–Crippen LogP) is 2.18. The van der Waals surface area contributed by atoms with Gasteiger partial charge < -0.3 is 0 Å². The van der Waals surface area contributed by atoms with E-state index in [1.54, 1.807) is 0 Å². The molecule has 0 aromatic heterocycles. The van der Waals surface area contributed by atoms with E-state index in [-0.39, 0.29) is 5.92 Å². The zero-order valence-electron chi connectivity index (χ0n) is 6.47. The molecular weight excluding hydrogens is 124 g/mol. The first-order valence-corrected chi connectivity index (χ1v) is 3.89. The summed E-state index contributed by atoms with van der Waals surface area (Å²) in [5, 5.41) is 0. The highest BCUT2D eigenvalue weighted by molar-refractivity contribution is 5.83. The number of rotatable bonds is 2. The van der Waals surface area contributed by atoms with Gasteiger partial charge in [0.15, 0.2) is 0 Å². The molecule has 0 aromatic rings. The number of hydrogen-bond acceptors (Lipinski definition) is 1. The van der Waals surface area contributed by atoms with E-state index in [0.717, 1.165) is 19.3 Å². The molecule has 56 valence electrons. The average molecular weight is 138 g/mol. The van der Waals surface area contributed by atoms with E-state index in [9.17, 15) is 4.79 Å². The molecule has 1 heteroatoms. The number of allylic oxidation sites excluding steroid dienone is 1. The first kappa shape index (κ1) is 7.52. The Bertz CT molecular complexity index is 149. The molecule has 0 bridgehead atoms. The van der Waals surface area contributed by atoms with Crippen molar-refractivity contribution in [1.29, 1.82) is 0 Å². The van der Waals surface area contributed by atoms with Crippen LogP contribution in [0, 0.1) is 11.8 Å². The highest BCUT2D eigenvalue weighted by Crippen LogP contribution is 2.30. The first-order valence-electron chi connectivity index (χ1n) is 3.89. The third kappa shape index (κ3) is 1.28. The van der Waals surface area contributed by atoms with Gasteiger partial charge in [-0.05, 0) is 18.8 Å². The van der Waals surface area contributed by atoms with Crippen LogP contribution < -0.4 is 0 Å². The zero-order chi connectivity index (χ0) is 7.56. The minimum atomic E-state index is 0.289. The van der Waals surface area contributed by atoms with Crippen LogP contribution in [-0.4, -0.2) is 5.78 Å². The van der Waals surface area contributed by atoms with Crippen molar-refractivity contribution < 1.29 is 4.79 Å². The van der Waals surface area contributed by atoms with Gasteiger partial charge in [-0.3, -0.25) is 4.79 Å².